The van der Waals surface area contributed by atoms with Crippen molar-refractivity contribution in [1.29, 1.82) is 0 Å². The van der Waals surface area contributed by atoms with Crippen molar-refractivity contribution < 1.29 is 4.79 Å². The van der Waals surface area contributed by atoms with E-state index in [1.165, 1.54) is 19.3 Å². The summed E-state index contributed by atoms with van der Waals surface area (Å²) in [6.07, 6.45) is 3.64. The first-order valence-corrected chi connectivity index (χ1v) is 10.4. The van der Waals surface area contributed by atoms with Gasteiger partial charge in [0.05, 0.1) is 5.69 Å². The second-order valence-corrected chi connectivity index (χ2v) is 7.84. The zero-order valence-corrected chi connectivity index (χ0v) is 17.3. The zero-order chi connectivity index (χ0) is 20.2. The maximum absolute atomic E-state index is 12.3. The van der Waals surface area contributed by atoms with Crippen molar-refractivity contribution in [2.45, 2.75) is 33.1 Å². The number of amides is 1. The highest BCUT2D eigenvalue weighted by atomic mass is 32.1. The Kier molecular flexibility index (Phi) is 5.66. The fourth-order valence-electron chi connectivity index (χ4n) is 3.26. The molecule has 150 valence electrons. The highest BCUT2D eigenvalue weighted by molar-refractivity contribution is 7.08. The predicted octanol–water partition coefficient (Wildman–Crippen LogP) is 3.93. The third-order valence-corrected chi connectivity index (χ3v) is 5.58. The number of benzene rings is 1. The second kappa shape index (κ2) is 8.52. The summed E-state index contributed by atoms with van der Waals surface area (Å²) in [5.41, 5.74) is 3.16. The molecule has 0 aliphatic carbocycles. The number of nitrogens with zero attached hydrogens (tertiary/aromatic N) is 5. The molecule has 8 nitrogen and oxygen atoms in total. The lowest BCUT2D eigenvalue weighted by molar-refractivity contribution is 0.103. The van der Waals surface area contributed by atoms with E-state index in [9.17, 15) is 4.79 Å². The number of carbonyl (C=O) groups is 1. The number of nitrogens with one attached hydrogen (secondary N) is 2. The summed E-state index contributed by atoms with van der Waals surface area (Å²) < 4.78 is 3.80. The van der Waals surface area contributed by atoms with Crippen LogP contribution in [0, 0.1) is 13.8 Å². The summed E-state index contributed by atoms with van der Waals surface area (Å²) in [7, 11) is 0. The lowest BCUT2D eigenvalue weighted by Crippen LogP contribution is -2.31. The lowest BCUT2D eigenvalue weighted by atomic mass is 10.1. The van der Waals surface area contributed by atoms with Gasteiger partial charge in [0.1, 0.15) is 10.7 Å². The van der Waals surface area contributed by atoms with Crippen molar-refractivity contribution in [2.75, 3.05) is 28.6 Å². The molecule has 1 saturated heterocycles. The number of piperidine rings is 1. The number of carbonyl (C=O) groups excluding carboxylic acids is 1. The first-order valence-electron chi connectivity index (χ1n) is 9.66. The molecule has 0 saturated carbocycles. The van der Waals surface area contributed by atoms with Crippen LogP contribution in [-0.2, 0) is 0 Å². The molecule has 0 bridgehead atoms. The van der Waals surface area contributed by atoms with Crippen molar-refractivity contribution >= 4 is 40.6 Å². The summed E-state index contributed by atoms with van der Waals surface area (Å²) in [6, 6.07) is 9.45. The van der Waals surface area contributed by atoms with E-state index in [1.807, 2.05) is 37.3 Å². The molecule has 9 heteroatoms. The zero-order valence-electron chi connectivity index (χ0n) is 16.5. The SMILES string of the molecule is Cc1cc(Nc2ccc(NC(=O)c3snnc3C)cc2)nc(N2CCCCC2)n1. The van der Waals surface area contributed by atoms with Crippen LogP contribution in [0.2, 0.25) is 0 Å². The van der Waals surface area contributed by atoms with Crippen LogP contribution in [-0.4, -0.2) is 38.6 Å². The van der Waals surface area contributed by atoms with Crippen LogP contribution < -0.4 is 15.5 Å². The summed E-state index contributed by atoms with van der Waals surface area (Å²) in [5, 5.41) is 10.1. The molecule has 0 spiro atoms. The Labute approximate surface area is 173 Å². The molecule has 0 atom stereocenters. The number of anilines is 4. The fraction of sp³-hybridized carbons (Fsp3) is 0.350. The molecule has 1 aromatic carbocycles. The number of hydrogen-bond donors (Lipinski definition) is 2. The topological polar surface area (TPSA) is 95.9 Å². The second-order valence-electron chi connectivity index (χ2n) is 7.09. The van der Waals surface area contributed by atoms with Gasteiger partial charge in [-0.1, -0.05) is 4.49 Å². The van der Waals surface area contributed by atoms with E-state index < -0.39 is 0 Å². The van der Waals surface area contributed by atoms with Gasteiger partial charge in [-0.2, -0.15) is 4.98 Å². The summed E-state index contributed by atoms with van der Waals surface area (Å²) >= 11 is 1.09. The average molecular weight is 410 g/mol. The monoisotopic (exact) mass is 409 g/mol. The smallest absolute Gasteiger partial charge is 0.269 e. The van der Waals surface area contributed by atoms with Crippen molar-refractivity contribution in [3.05, 3.63) is 46.6 Å². The Hall–Kier alpha value is -3.07. The third kappa shape index (κ3) is 4.68. The van der Waals surface area contributed by atoms with Gasteiger partial charge < -0.3 is 15.5 Å². The summed E-state index contributed by atoms with van der Waals surface area (Å²) in [4.78, 5) is 24.3. The van der Waals surface area contributed by atoms with Gasteiger partial charge in [-0.05, 0) is 68.9 Å². The molecule has 0 radical (unpaired) electrons. The molecule has 1 aliphatic heterocycles. The van der Waals surface area contributed by atoms with Crippen molar-refractivity contribution in [3.63, 3.8) is 0 Å². The molecule has 2 aromatic heterocycles. The van der Waals surface area contributed by atoms with Crippen LogP contribution in [0.15, 0.2) is 30.3 Å². The largest absolute Gasteiger partial charge is 0.341 e. The summed E-state index contributed by atoms with van der Waals surface area (Å²) in [5.74, 6) is 1.35. The Morgan fingerprint density at radius 3 is 2.45 bits per heavy atom. The molecule has 2 N–H and O–H groups in total. The first kappa shape index (κ1) is 19.3. The van der Waals surface area contributed by atoms with Crippen LogP contribution in [0.4, 0.5) is 23.1 Å². The van der Waals surface area contributed by atoms with Crippen LogP contribution in [0.1, 0.15) is 40.3 Å². The molecular formula is C20H23N7OS. The minimum Gasteiger partial charge on any atom is -0.341 e. The Morgan fingerprint density at radius 2 is 1.76 bits per heavy atom. The quantitative estimate of drug-likeness (QED) is 0.659. The van der Waals surface area contributed by atoms with Crippen LogP contribution >= 0.6 is 11.5 Å². The molecule has 3 aromatic rings. The molecule has 4 rings (SSSR count). The maximum Gasteiger partial charge on any atom is 0.269 e. The molecule has 1 fully saturated rings. The molecule has 29 heavy (non-hydrogen) atoms. The molecule has 1 aliphatic rings. The van der Waals surface area contributed by atoms with E-state index in [2.05, 4.69) is 35.1 Å². The van der Waals surface area contributed by atoms with Crippen LogP contribution in [0.25, 0.3) is 0 Å². The van der Waals surface area contributed by atoms with E-state index >= 15 is 0 Å². The van der Waals surface area contributed by atoms with E-state index in [4.69, 9.17) is 0 Å². The van der Waals surface area contributed by atoms with Gasteiger partial charge in [0, 0.05) is 36.2 Å². The van der Waals surface area contributed by atoms with Gasteiger partial charge >= 0.3 is 0 Å². The first-order chi connectivity index (χ1) is 14.1. The van der Waals surface area contributed by atoms with Gasteiger partial charge in [0.15, 0.2) is 0 Å². The lowest BCUT2D eigenvalue weighted by Gasteiger charge is -2.27. The molecule has 0 unspecified atom stereocenters. The molecule has 3 heterocycles. The van der Waals surface area contributed by atoms with Gasteiger partial charge in [-0.15, -0.1) is 5.10 Å². The predicted molar refractivity (Wildman–Crippen MR) is 115 cm³/mol. The maximum atomic E-state index is 12.3. The minimum absolute atomic E-state index is 0.198. The van der Waals surface area contributed by atoms with Crippen LogP contribution in [0.3, 0.4) is 0 Å². The normalized spacial score (nSPS) is 13.9. The number of hydrogen-bond acceptors (Lipinski definition) is 8. The van der Waals surface area contributed by atoms with E-state index in [0.717, 1.165) is 47.8 Å². The van der Waals surface area contributed by atoms with Crippen molar-refractivity contribution in [3.8, 4) is 0 Å². The standard InChI is InChI=1S/C20H23N7OS/c1-13-12-17(24-20(21-13)27-10-4-3-5-11-27)22-15-6-8-16(9-7-15)23-19(28)18-14(2)25-26-29-18/h6-9,12H,3-5,10-11H2,1-2H3,(H,23,28)(H,21,22,24). The van der Waals surface area contributed by atoms with Gasteiger partial charge in [0.25, 0.3) is 5.91 Å². The number of aryl methyl sites for hydroxylation is 2. The number of rotatable bonds is 5. The van der Waals surface area contributed by atoms with Gasteiger partial charge in [-0.3, -0.25) is 4.79 Å². The van der Waals surface area contributed by atoms with Gasteiger partial charge in [-0.25, -0.2) is 4.98 Å². The van der Waals surface area contributed by atoms with E-state index in [0.29, 0.717) is 16.3 Å². The summed E-state index contributed by atoms with van der Waals surface area (Å²) in [6.45, 7) is 5.76. The third-order valence-electron chi connectivity index (χ3n) is 4.75. The Bertz CT molecular complexity index is 996. The van der Waals surface area contributed by atoms with E-state index in [-0.39, 0.29) is 5.91 Å². The Balaban J connectivity index is 1.44. The van der Waals surface area contributed by atoms with Crippen LogP contribution in [0.5, 0.6) is 0 Å². The highest BCUT2D eigenvalue weighted by Gasteiger charge is 2.15. The highest BCUT2D eigenvalue weighted by Crippen LogP contribution is 2.22. The minimum atomic E-state index is -0.198. The number of aromatic nitrogens is 4. The van der Waals surface area contributed by atoms with Crippen molar-refractivity contribution in [1.82, 2.24) is 19.6 Å². The molecule has 1 amide bonds. The van der Waals surface area contributed by atoms with Crippen molar-refractivity contribution in [2.24, 2.45) is 0 Å². The van der Waals surface area contributed by atoms with Gasteiger partial charge in [0.2, 0.25) is 5.95 Å². The fourth-order valence-corrected chi connectivity index (χ4v) is 3.82. The molecular weight excluding hydrogens is 386 g/mol. The van der Waals surface area contributed by atoms with E-state index in [1.54, 1.807) is 6.92 Å². The average Bonchev–Trinajstić information content (AvgIpc) is 3.16. The Morgan fingerprint density at radius 1 is 1.03 bits per heavy atom.